The van der Waals surface area contributed by atoms with Gasteiger partial charge in [0.05, 0.1) is 15.6 Å². The van der Waals surface area contributed by atoms with Gasteiger partial charge < -0.3 is 5.73 Å². The molecule has 3 nitrogen and oxygen atoms in total. The third-order valence-corrected chi connectivity index (χ3v) is 2.21. The largest absolute Gasteiger partial charge is 0.366 e. The number of aromatic nitrogens is 1. The normalized spacial score (nSPS) is 9.92. The maximum atomic E-state index is 10.8. The summed E-state index contributed by atoms with van der Waals surface area (Å²) < 4.78 is 0. The summed E-state index contributed by atoms with van der Waals surface area (Å²) in [5.74, 6) is -0.727. The van der Waals surface area contributed by atoms with Crippen LogP contribution in [0.3, 0.4) is 0 Å². The SMILES string of the molecule is NC(=O)c1c(Cl)cnc(Cl)c1Cl. The molecule has 0 aliphatic heterocycles. The number of amides is 1. The van der Waals surface area contributed by atoms with Crippen molar-refractivity contribution < 1.29 is 4.79 Å². The van der Waals surface area contributed by atoms with Gasteiger partial charge in [0, 0.05) is 6.20 Å². The van der Waals surface area contributed by atoms with E-state index in [-0.39, 0.29) is 20.8 Å². The number of hydrogen-bond donors (Lipinski definition) is 1. The second-order valence-electron chi connectivity index (χ2n) is 1.95. The van der Waals surface area contributed by atoms with E-state index in [1.807, 2.05) is 0 Å². The Morgan fingerprint density at radius 2 is 2.00 bits per heavy atom. The third-order valence-electron chi connectivity index (χ3n) is 1.18. The summed E-state index contributed by atoms with van der Waals surface area (Å²) in [6, 6.07) is 0. The number of nitrogens with two attached hydrogens (primary N) is 1. The lowest BCUT2D eigenvalue weighted by Crippen LogP contribution is -2.12. The van der Waals surface area contributed by atoms with E-state index in [0.29, 0.717) is 0 Å². The van der Waals surface area contributed by atoms with Crippen LogP contribution in [0.15, 0.2) is 6.20 Å². The van der Waals surface area contributed by atoms with E-state index in [1.54, 1.807) is 0 Å². The molecule has 0 unspecified atom stereocenters. The fourth-order valence-corrected chi connectivity index (χ4v) is 1.34. The van der Waals surface area contributed by atoms with Gasteiger partial charge in [-0.25, -0.2) is 4.98 Å². The molecule has 64 valence electrons. The second-order valence-corrected chi connectivity index (χ2v) is 3.09. The predicted octanol–water partition coefficient (Wildman–Crippen LogP) is 2.14. The first-order valence-corrected chi connectivity index (χ1v) is 3.96. The third kappa shape index (κ3) is 1.63. The Morgan fingerprint density at radius 1 is 1.42 bits per heavy atom. The molecule has 0 atom stereocenters. The molecule has 1 aromatic heterocycles. The topological polar surface area (TPSA) is 56.0 Å². The van der Waals surface area contributed by atoms with Gasteiger partial charge in [0.15, 0.2) is 0 Å². The molecular formula is C6H3Cl3N2O. The quantitative estimate of drug-likeness (QED) is 0.745. The van der Waals surface area contributed by atoms with Crippen LogP contribution in [-0.4, -0.2) is 10.9 Å². The van der Waals surface area contributed by atoms with Crippen molar-refractivity contribution in [3.8, 4) is 0 Å². The maximum Gasteiger partial charge on any atom is 0.251 e. The number of halogens is 3. The molecule has 1 aromatic rings. The lowest BCUT2D eigenvalue weighted by atomic mass is 10.2. The smallest absolute Gasteiger partial charge is 0.251 e. The molecule has 0 aliphatic carbocycles. The molecule has 1 amide bonds. The van der Waals surface area contributed by atoms with E-state index in [9.17, 15) is 4.79 Å². The van der Waals surface area contributed by atoms with Crippen molar-refractivity contribution in [3.63, 3.8) is 0 Å². The molecule has 1 heterocycles. The zero-order valence-corrected chi connectivity index (χ0v) is 7.91. The van der Waals surface area contributed by atoms with Gasteiger partial charge in [0.25, 0.3) is 5.91 Å². The van der Waals surface area contributed by atoms with E-state index in [0.717, 1.165) is 0 Å². The summed E-state index contributed by atoms with van der Waals surface area (Å²) in [6.07, 6.45) is 1.22. The van der Waals surface area contributed by atoms with Gasteiger partial charge in [0.2, 0.25) is 0 Å². The van der Waals surface area contributed by atoms with E-state index >= 15 is 0 Å². The number of carbonyl (C=O) groups is 1. The van der Waals surface area contributed by atoms with Gasteiger partial charge in [-0.2, -0.15) is 0 Å². The molecule has 1 rings (SSSR count). The molecule has 0 spiro atoms. The van der Waals surface area contributed by atoms with Crippen LogP contribution in [0, 0.1) is 0 Å². The Morgan fingerprint density at radius 3 is 2.42 bits per heavy atom. The first-order valence-electron chi connectivity index (χ1n) is 2.83. The highest BCUT2D eigenvalue weighted by atomic mass is 35.5. The van der Waals surface area contributed by atoms with Crippen LogP contribution in [0.25, 0.3) is 0 Å². The minimum atomic E-state index is -0.727. The van der Waals surface area contributed by atoms with Gasteiger partial charge in [-0.3, -0.25) is 4.79 Å². The Hall–Kier alpha value is -0.510. The lowest BCUT2D eigenvalue weighted by Gasteiger charge is -2.02. The number of carbonyl (C=O) groups excluding carboxylic acids is 1. The molecule has 0 saturated carbocycles. The van der Waals surface area contributed by atoms with Crippen LogP contribution in [0.5, 0.6) is 0 Å². The first-order chi connectivity index (χ1) is 5.54. The Kier molecular flexibility index (Phi) is 2.77. The monoisotopic (exact) mass is 224 g/mol. The average molecular weight is 225 g/mol. The molecule has 2 N–H and O–H groups in total. The molecule has 0 bridgehead atoms. The minimum Gasteiger partial charge on any atom is -0.366 e. The van der Waals surface area contributed by atoms with Gasteiger partial charge in [-0.05, 0) is 0 Å². The number of hydrogen-bond acceptors (Lipinski definition) is 2. The van der Waals surface area contributed by atoms with Crippen molar-refractivity contribution in [3.05, 3.63) is 27.0 Å². The van der Waals surface area contributed by atoms with Gasteiger partial charge in [0.1, 0.15) is 5.15 Å². The Balaban J connectivity index is 3.43. The molecule has 6 heteroatoms. The van der Waals surface area contributed by atoms with E-state index in [4.69, 9.17) is 40.5 Å². The van der Waals surface area contributed by atoms with Crippen molar-refractivity contribution >= 4 is 40.7 Å². The summed E-state index contributed by atoms with van der Waals surface area (Å²) >= 11 is 16.7. The molecule has 0 fully saturated rings. The second kappa shape index (κ2) is 3.47. The van der Waals surface area contributed by atoms with Crippen LogP contribution in [-0.2, 0) is 0 Å². The van der Waals surface area contributed by atoms with E-state index < -0.39 is 5.91 Å². The minimum absolute atomic E-state index is 0.00154. The van der Waals surface area contributed by atoms with Crippen LogP contribution in [0.2, 0.25) is 15.2 Å². The van der Waals surface area contributed by atoms with Crippen LogP contribution in [0.4, 0.5) is 0 Å². The zero-order valence-electron chi connectivity index (χ0n) is 5.64. The van der Waals surface area contributed by atoms with Crippen molar-refractivity contribution in [2.24, 2.45) is 5.73 Å². The highest BCUT2D eigenvalue weighted by molar-refractivity contribution is 6.45. The Labute approximate surface area is 83.4 Å². The predicted molar refractivity (Wildman–Crippen MR) is 47.8 cm³/mol. The fourth-order valence-electron chi connectivity index (χ4n) is 0.668. The van der Waals surface area contributed by atoms with Crippen molar-refractivity contribution in [1.29, 1.82) is 0 Å². The van der Waals surface area contributed by atoms with Gasteiger partial charge >= 0.3 is 0 Å². The summed E-state index contributed by atoms with van der Waals surface area (Å²) in [5, 5.41) is 0.0865. The maximum absolute atomic E-state index is 10.8. The summed E-state index contributed by atoms with van der Waals surface area (Å²) in [7, 11) is 0. The molecule has 0 aliphatic rings. The molecule has 12 heavy (non-hydrogen) atoms. The average Bonchev–Trinajstić information content (AvgIpc) is 1.97. The van der Waals surface area contributed by atoms with Crippen molar-refractivity contribution in [2.45, 2.75) is 0 Å². The van der Waals surface area contributed by atoms with Gasteiger partial charge in [-0.1, -0.05) is 34.8 Å². The molecular weight excluding hydrogens is 222 g/mol. The fraction of sp³-hybridized carbons (Fsp3) is 0. The van der Waals surface area contributed by atoms with E-state index in [2.05, 4.69) is 4.98 Å². The van der Waals surface area contributed by atoms with Crippen molar-refractivity contribution in [2.75, 3.05) is 0 Å². The zero-order chi connectivity index (χ0) is 9.30. The van der Waals surface area contributed by atoms with E-state index in [1.165, 1.54) is 6.20 Å². The summed E-state index contributed by atoms with van der Waals surface area (Å²) in [6.45, 7) is 0. The summed E-state index contributed by atoms with van der Waals surface area (Å²) in [4.78, 5) is 14.4. The highest BCUT2D eigenvalue weighted by Crippen LogP contribution is 2.28. The summed E-state index contributed by atoms with van der Waals surface area (Å²) in [5.41, 5.74) is 4.99. The number of pyridine rings is 1. The Bertz CT molecular complexity index is 340. The first kappa shape index (κ1) is 9.58. The standard InChI is InChI=1S/C6H3Cl3N2O/c7-2-1-11-5(9)4(8)3(2)6(10)12/h1H,(H2,10,12). The van der Waals surface area contributed by atoms with Crippen LogP contribution >= 0.6 is 34.8 Å². The number of nitrogens with zero attached hydrogens (tertiary/aromatic N) is 1. The molecule has 0 saturated heterocycles. The number of rotatable bonds is 1. The van der Waals surface area contributed by atoms with Crippen LogP contribution in [0.1, 0.15) is 10.4 Å². The number of primary amides is 1. The highest BCUT2D eigenvalue weighted by Gasteiger charge is 2.14. The lowest BCUT2D eigenvalue weighted by molar-refractivity contribution is 0.100. The van der Waals surface area contributed by atoms with Gasteiger partial charge in [-0.15, -0.1) is 0 Å². The molecule has 0 aromatic carbocycles. The van der Waals surface area contributed by atoms with Crippen molar-refractivity contribution in [1.82, 2.24) is 4.98 Å². The van der Waals surface area contributed by atoms with Crippen LogP contribution < -0.4 is 5.73 Å². The molecule has 0 radical (unpaired) electrons.